The van der Waals surface area contributed by atoms with E-state index in [1.165, 1.54) is 12.3 Å². The van der Waals surface area contributed by atoms with Gasteiger partial charge in [0, 0.05) is 19.2 Å². The molecule has 1 amide bonds. The second kappa shape index (κ2) is 8.11. The minimum absolute atomic E-state index is 0.0369. The summed E-state index contributed by atoms with van der Waals surface area (Å²) >= 11 is 0. The second-order valence-corrected chi connectivity index (χ2v) is 5.85. The topological polar surface area (TPSA) is 106 Å². The number of rotatable bonds is 6. The highest BCUT2D eigenvalue weighted by Gasteiger charge is 2.14. The zero-order valence-corrected chi connectivity index (χ0v) is 13.8. The Kier molecular flexibility index (Phi) is 6.49. The van der Waals surface area contributed by atoms with Crippen molar-refractivity contribution in [1.29, 1.82) is 0 Å². The minimum Gasteiger partial charge on any atom is -0.444 e. The molecule has 0 saturated carbocycles. The summed E-state index contributed by atoms with van der Waals surface area (Å²) in [7, 11) is 0. The number of aryl methyl sites for hydroxylation is 1. The van der Waals surface area contributed by atoms with Crippen LogP contribution in [-0.2, 0) is 4.74 Å². The first-order chi connectivity index (χ1) is 10.7. The Morgan fingerprint density at radius 2 is 2.04 bits per heavy atom. The lowest BCUT2D eigenvalue weighted by Gasteiger charge is -2.19. The van der Waals surface area contributed by atoms with Crippen molar-refractivity contribution in [1.82, 2.24) is 10.3 Å². The van der Waals surface area contributed by atoms with Crippen molar-refractivity contribution in [3.63, 3.8) is 0 Å². The minimum atomic E-state index is -0.519. The number of amides is 1. The quantitative estimate of drug-likeness (QED) is 0.474. The molecule has 0 aliphatic heterocycles. The van der Waals surface area contributed by atoms with E-state index in [0.29, 0.717) is 24.5 Å². The van der Waals surface area contributed by atoms with Gasteiger partial charge in [-0.3, -0.25) is 10.1 Å². The molecular formula is C15H22N4O4. The Balaban J connectivity index is 2.34. The van der Waals surface area contributed by atoms with Gasteiger partial charge in [-0.1, -0.05) is 12.2 Å². The van der Waals surface area contributed by atoms with Crippen molar-refractivity contribution in [3.05, 3.63) is 40.1 Å². The molecule has 8 heteroatoms. The monoisotopic (exact) mass is 322 g/mol. The molecule has 1 rings (SSSR count). The number of alkyl carbamates (subject to hydrolysis) is 1. The molecule has 8 nitrogen and oxygen atoms in total. The Labute approximate surface area is 135 Å². The number of anilines is 1. The number of hydrogen-bond acceptors (Lipinski definition) is 6. The lowest BCUT2D eigenvalue weighted by atomic mass is 10.2. The lowest BCUT2D eigenvalue weighted by molar-refractivity contribution is -0.385. The number of hydrogen-bond donors (Lipinski definition) is 2. The van der Waals surface area contributed by atoms with Crippen molar-refractivity contribution >= 4 is 17.6 Å². The standard InChI is InChI=1S/C15H22N4O4/c1-11-9-12(19(21)22)10-18-13(11)16-7-5-6-8-17-14(20)23-15(2,3)4/h5-6,9-10H,7-8H2,1-4H3,(H,16,18)(H,17,20). The third kappa shape index (κ3) is 7.25. The van der Waals surface area contributed by atoms with E-state index in [-0.39, 0.29) is 5.69 Å². The Morgan fingerprint density at radius 1 is 1.39 bits per heavy atom. The summed E-state index contributed by atoms with van der Waals surface area (Å²) in [5.74, 6) is 0.584. The molecule has 0 atom stereocenters. The summed E-state index contributed by atoms with van der Waals surface area (Å²) in [5.41, 5.74) is 0.138. The number of pyridine rings is 1. The first kappa shape index (κ1) is 18.4. The van der Waals surface area contributed by atoms with Crippen LogP contribution in [0.3, 0.4) is 0 Å². The fourth-order valence-electron chi connectivity index (χ4n) is 1.62. The number of ether oxygens (including phenoxy) is 1. The number of aromatic nitrogens is 1. The Hall–Kier alpha value is -2.64. The van der Waals surface area contributed by atoms with Crippen LogP contribution >= 0.6 is 0 Å². The average Bonchev–Trinajstić information content (AvgIpc) is 2.41. The van der Waals surface area contributed by atoms with Crippen molar-refractivity contribution < 1.29 is 14.5 Å². The van der Waals surface area contributed by atoms with E-state index in [4.69, 9.17) is 4.74 Å². The van der Waals surface area contributed by atoms with Gasteiger partial charge < -0.3 is 15.4 Å². The summed E-state index contributed by atoms with van der Waals surface area (Å²) < 4.78 is 5.10. The normalized spacial score (nSPS) is 11.3. The molecule has 23 heavy (non-hydrogen) atoms. The smallest absolute Gasteiger partial charge is 0.407 e. The fourth-order valence-corrected chi connectivity index (χ4v) is 1.62. The largest absolute Gasteiger partial charge is 0.444 e. The van der Waals surface area contributed by atoms with Gasteiger partial charge in [0.25, 0.3) is 5.69 Å². The predicted molar refractivity (Wildman–Crippen MR) is 87.5 cm³/mol. The first-order valence-electron chi connectivity index (χ1n) is 7.16. The van der Waals surface area contributed by atoms with Crippen molar-refractivity contribution in [3.8, 4) is 0 Å². The van der Waals surface area contributed by atoms with Gasteiger partial charge in [-0.15, -0.1) is 0 Å². The highest BCUT2D eigenvalue weighted by Crippen LogP contribution is 2.17. The molecule has 0 unspecified atom stereocenters. The molecular weight excluding hydrogens is 300 g/mol. The zero-order valence-electron chi connectivity index (χ0n) is 13.8. The van der Waals surface area contributed by atoms with E-state index in [9.17, 15) is 14.9 Å². The molecule has 0 radical (unpaired) electrons. The van der Waals surface area contributed by atoms with Crippen LogP contribution < -0.4 is 10.6 Å². The lowest BCUT2D eigenvalue weighted by Crippen LogP contribution is -2.32. The maximum absolute atomic E-state index is 11.4. The van der Waals surface area contributed by atoms with Crippen molar-refractivity contribution in [2.24, 2.45) is 0 Å². The third-order valence-electron chi connectivity index (χ3n) is 2.59. The molecule has 0 aliphatic rings. The van der Waals surface area contributed by atoms with Crippen LogP contribution in [0.15, 0.2) is 24.4 Å². The zero-order chi connectivity index (χ0) is 17.5. The van der Waals surface area contributed by atoms with Gasteiger partial charge in [0.15, 0.2) is 0 Å². The molecule has 126 valence electrons. The van der Waals surface area contributed by atoms with Crippen LogP contribution in [-0.4, -0.2) is 34.7 Å². The molecule has 0 aliphatic carbocycles. The molecule has 1 aromatic rings. The van der Waals surface area contributed by atoms with Gasteiger partial charge in [0.05, 0.1) is 4.92 Å². The van der Waals surface area contributed by atoms with Crippen molar-refractivity contribution in [2.45, 2.75) is 33.3 Å². The summed E-state index contributed by atoms with van der Waals surface area (Å²) in [4.78, 5) is 25.6. The van der Waals surface area contributed by atoms with E-state index in [1.807, 2.05) is 6.08 Å². The number of nitro groups is 1. The summed E-state index contributed by atoms with van der Waals surface area (Å²) in [6.07, 6.45) is 4.34. The molecule has 1 heterocycles. The van der Waals surface area contributed by atoms with Gasteiger partial charge in [-0.05, 0) is 33.3 Å². The van der Waals surface area contributed by atoms with Crippen molar-refractivity contribution in [2.75, 3.05) is 18.4 Å². The molecule has 0 bridgehead atoms. The average molecular weight is 322 g/mol. The van der Waals surface area contributed by atoms with E-state index >= 15 is 0 Å². The maximum Gasteiger partial charge on any atom is 0.407 e. The molecule has 0 aromatic carbocycles. The highest BCUT2D eigenvalue weighted by atomic mass is 16.6. The molecule has 2 N–H and O–H groups in total. The van der Waals surface area contributed by atoms with E-state index in [2.05, 4.69) is 15.6 Å². The third-order valence-corrected chi connectivity index (χ3v) is 2.59. The van der Waals surface area contributed by atoms with E-state index < -0.39 is 16.6 Å². The van der Waals surface area contributed by atoms with Gasteiger partial charge in [-0.2, -0.15) is 0 Å². The van der Waals surface area contributed by atoms with Gasteiger partial charge in [-0.25, -0.2) is 9.78 Å². The first-order valence-corrected chi connectivity index (χ1v) is 7.16. The SMILES string of the molecule is Cc1cc([N+](=O)[O-])cnc1NCC=CCNC(=O)OC(C)(C)C. The Bertz CT molecular complexity index is 594. The second-order valence-electron chi connectivity index (χ2n) is 5.85. The Morgan fingerprint density at radius 3 is 2.61 bits per heavy atom. The van der Waals surface area contributed by atoms with E-state index in [1.54, 1.807) is 33.8 Å². The summed E-state index contributed by atoms with van der Waals surface area (Å²) in [6.45, 7) is 7.98. The summed E-state index contributed by atoms with van der Waals surface area (Å²) in [6, 6.07) is 1.46. The number of nitrogens with one attached hydrogen (secondary N) is 2. The predicted octanol–water partition coefficient (Wildman–Crippen LogP) is 2.79. The van der Waals surface area contributed by atoms with Gasteiger partial charge >= 0.3 is 6.09 Å². The number of nitrogens with zero attached hydrogens (tertiary/aromatic N) is 2. The van der Waals surface area contributed by atoms with Crippen LogP contribution in [0.2, 0.25) is 0 Å². The maximum atomic E-state index is 11.4. The van der Waals surface area contributed by atoms with Crippen LogP contribution in [0.1, 0.15) is 26.3 Å². The van der Waals surface area contributed by atoms with Gasteiger partial charge in [0.2, 0.25) is 0 Å². The fraction of sp³-hybridized carbons (Fsp3) is 0.467. The molecule has 0 spiro atoms. The van der Waals surface area contributed by atoms with Crippen LogP contribution in [0, 0.1) is 17.0 Å². The molecule has 0 saturated heterocycles. The molecule has 0 fully saturated rings. The van der Waals surface area contributed by atoms with E-state index in [0.717, 1.165) is 0 Å². The highest BCUT2D eigenvalue weighted by molar-refractivity contribution is 5.67. The van der Waals surface area contributed by atoms with Crippen LogP contribution in [0.5, 0.6) is 0 Å². The van der Waals surface area contributed by atoms with Crippen LogP contribution in [0.25, 0.3) is 0 Å². The number of carbonyl (C=O) groups is 1. The van der Waals surface area contributed by atoms with Crippen LogP contribution in [0.4, 0.5) is 16.3 Å². The van der Waals surface area contributed by atoms with Gasteiger partial charge in [0.1, 0.15) is 17.6 Å². The molecule has 1 aromatic heterocycles. The number of carbonyl (C=O) groups excluding carboxylic acids is 1. The summed E-state index contributed by atoms with van der Waals surface area (Å²) in [5, 5.41) is 16.3.